The zero-order chi connectivity index (χ0) is 17.9. The number of phenols is 1. The largest absolute Gasteiger partial charge is 0.506 e. The van der Waals surface area contributed by atoms with Crippen LogP contribution in [0.15, 0.2) is 42.6 Å². The Morgan fingerprint density at radius 2 is 2.04 bits per heavy atom. The summed E-state index contributed by atoms with van der Waals surface area (Å²) >= 11 is 0. The van der Waals surface area contributed by atoms with Gasteiger partial charge in [0.25, 0.3) is 0 Å². The van der Waals surface area contributed by atoms with Crippen molar-refractivity contribution in [1.82, 2.24) is 9.88 Å². The Hall–Kier alpha value is -1.87. The van der Waals surface area contributed by atoms with Gasteiger partial charge in [-0.1, -0.05) is 50.5 Å². The van der Waals surface area contributed by atoms with Gasteiger partial charge < -0.3 is 5.11 Å². The van der Waals surface area contributed by atoms with Gasteiger partial charge in [-0.2, -0.15) is 0 Å². The molecule has 1 heterocycles. The fraction of sp³-hybridized carbons (Fsp3) is 0.522. The monoisotopic (exact) mass is 350 g/mol. The molecule has 3 atom stereocenters. The molecule has 1 saturated carbocycles. The van der Waals surface area contributed by atoms with E-state index in [1.807, 2.05) is 6.07 Å². The quantitative estimate of drug-likeness (QED) is 0.519. The Morgan fingerprint density at radius 3 is 2.81 bits per heavy atom. The van der Waals surface area contributed by atoms with Crippen LogP contribution in [0.25, 0.3) is 10.9 Å². The third-order valence-corrected chi connectivity index (χ3v) is 6.22. The number of benzene rings is 1. The van der Waals surface area contributed by atoms with Gasteiger partial charge in [-0.15, -0.1) is 0 Å². The first-order chi connectivity index (χ1) is 12.8. The van der Waals surface area contributed by atoms with Crippen LogP contribution in [0.3, 0.4) is 0 Å². The first-order valence-corrected chi connectivity index (χ1v) is 10.2. The molecule has 1 aromatic carbocycles. The Kier molecular flexibility index (Phi) is 5.26. The minimum absolute atomic E-state index is 0.279. The molecule has 26 heavy (non-hydrogen) atoms. The van der Waals surface area contributed by atoms with Crippen molar-refractivity contribution in [2.24, 2.45) is 11.8 Å². The van der Waals surface area contributed by atoms with E-state index in [1.54, 1.807) is 12.3 Å². The maximum absolute atomic E-state index is 10.1. The summed E-state index contributed by atoms with van der Waals surface area (Å²) in [5.74, 6) is 1.80. The van der Waals surface area contributed by atoms with E-state index in [1.165, 1.54) is 50.6 Å². The zero-order valence-corrected chi connectivity index (χ0v) is 15.8. The van der Waals surface area contributed by atoms with Gasteiger partial charge >= 0.3 is 0 Å². The van der Waals surface area contributed by atoms with Crippen LogP contribution in [0.5, 0.6) is 5.75 Å². The highest BCUT2D eigenvalue weighted by Gasteiger charge is 2.38. The highest BCUT2D eigenvalue weighted by molar-refractivity contribution is 5.87. The molecule has 138 valence electrons. The molecule has 3 unspecified atom stereocenters. The van der Waals surface area contributed by atoms with Crippen LogP contribution in [0.1, 0.15) is 51.0 Å². The van der Waals surface area contributed by atoms with Gasteiger partial charge in [-0.05, 0) is 55.3 Å². The van der Waals surface area contributed by atoms with Gasteiger partial charge in [0.2, 0.25) is 0 Å². The van der Waals surface area contributed by atoms with Crippen molar-refractivity contribution in [1.29, 1.82) is 0 Å². The first kappa shape index (κ1) is 17.5. The third-order valence-electron chi connectivity index (χ3n) is 6.22. The second kappa shape index (κ2) is 7.79. The van der Waals surface area contributed by atoms with Crippen molar-refractivity contribution in [2.75, 3.05) is 6.54 Å². The number of aromatic nitrogens is 1. The minimum Gasteiger partial charge on any atom is -0.506 e. The molecular weight excluding hydrogens is 320 g/mol. The number of hydrogen-bond acceptors (Lipinski definition) is 3. The summed E-state index contributed by atoms with van der Waals surface area (Å²) in [5, 5.41) is 11.2. The van der Waals surface area contributed by atoms with Crippen LogP contribution in [-0.4, -0.2) is 27.6 Å². The maximum Gasteiger partial charge on any atom is 0.141 e. The average Bonchev–Trinajstić information content (AvgIpc) is 3.30. The van der Waals surface area contributed by atoms with E-state index in [9.17, 15) is 5.11 Å². The van der Waals surface area contributed by atoms with Crippen molar-refractivity contribution in [3.63, 3.8) is 0 Å². The highest BCUT2D eigenvalue weighted by atomic mass is 16.3. The minimum atomic E-state index is 0.279. The lowest BCUT2D eigenvalue weighted by atomic mass is 9.97. The number of nitrogens with zero attached hydrogens (tertiary/aromatic N) is 2. The van der Waals surface area contributed by atoms with Crippen LogP contribution in [-0.2, 0) is 6.54 Å². The van der Waals surface area contributed by atoms with Gasteiger partial charge in [0.15, 0.2) is 0 Å². The lowest BCUT2D eigenvalue weighted by Crippen LogP contribution is -2.38. The van der Waals surface area contributed by atoms with Crippen molar-refractivity contribution in [2.45, 2.75) is 58.0 Å². The number of hydrogen-bond donors (Lipinski definition) is 1. The fourth-order valence-electron chi connectivity index (χ4n) is 4.85. The van der Waals surface area contributed by atoms with E-state index in [0.29, 0.717) is 6.04 Å². The van der Waals surface area contributed by atoms with Crippen LogP contribution in [0, 0.1) is 11.8 Å². The van der Waals surface area contributed by atoms with Gasteiger partial charge in [0.05, 0.1) is 0 Å². The predicted molar refractivity (Wildman–Crippen MR) is 107 cm³/mol. The van der Waals surface area contributed by atoms with E-state index in [0.717, 1.165) is 29.3 Å². The van der Waals surface area contributed by atoms with Gasteiger partial charge in [-0.25, -0.2) is 0 Å². The predicted octanol–water partition coefficient (Wildman–Crippen LogP) is 5.29. The number of phenolic OH excluding ortho intramolecular Hbond substituents is 1. The topological polar surface area (TPSA) is 36.4 Å². The summed E-state index contributed by atoms with van der Waals surface area (Å²) in [6.07, 6.45) is 14.5. The SMILES string of the molecule is CCCCCCN(Cc1ccc(O)c2ncccc12)C1CC2C=CC1C2. The molecule has 2 aromatic rings. The molecule has 1 N–H and O–H groups in total. The Morgan fingerprint density at radius 1 is 1.12 bits per heavy atom. The average molecular weight is 351 g/mol. The molecule has 0 radical (unpaired) electrons. The highest BCUT2D eigenvalue weighted by Crippen LogP contribution is 2.42. The number of rotatable bonds is 8. The number of pyridine rings is 1. The summed E-state index contributed by atoms with van der Waals surface area (Å²) in [6, 6.07) is 8.62. The van der Waals surface area contributed by atoms with Gasteiger partial charge in [-0.3, -0.25) is 9.88 Å². The summed E-state index contributed by atoms with van der Waals surface area (Å²) in [5.41, 5.74) is 2.01. The van der Waals surface area contributed by atoms with E-state index in [-0.39, 0.29) is 5.75 Å². The molecule has 0 aliphatic heterocycles. The molecule has 2 bridgehead atoms. The van der Waals surface area contributed by atoms with E-state index >= 15 is 0 Å². The third kappa shape index (κ3) is 3.50. The maximum atomic E-state index is 10.1. The number of unbranched alkanes of at least 4 members (excludes halogenated alkanes) is 3. The van der Waals surface area contributed by atoms with Crippen molar-refractivity contribution >= 4 is 10.9 Å². The second-order valence-electron chi connectivity index (χ2n) is 8.02. The van der Waals surface area contributed by atoms with Crippen molar-refractivity contribution < 1.29 is 5.11 Å². The molecule has 2 aliphatic carbocycles. The molecular formula is C23H30N2O. The molecule has 1 fully saturated rings. The molecule has 0 saturated heterocycles. The number of aromatic hydroxyl groups is 1. The van der Waals surface area contributed by atoms with Crippen molar-refractivity contribution in [3.8, 4) is 5.75 Å². The molecule has 4 rings (SSSR count). The van der Waals surface area contributed by atoms with Gasteiger partial charge in [0, 0.05) is 24.2 Å². The van der Waals surface area contributed by atoms with E-state index in [4.69, 9.17) is 0 Å². The molecule has 1 aromatic heterocycles. The Labute approximate surface area is 156 Å². The number of allylic oxidation sites excluding steroid dienone is 1. The summed E-state index contributed by atoms with van der Waals surface area (Å²) in [6.45, 7) is 4.40. The second-order valence-corrected chi connectivity index (χ2v) is 8.02. The standard InChI is InChI=1S/C23H30N2O/c1-2-3-4-5-13-25(21-15-17-8-9-18(21)14-17)16-19-10-11-22(26)23-20(19)7-6-12-24-23/h6-12,17-18,21,26H,2-5,13-16H2,1H3. The first-order valence-electron chi connectivity index (χ1n) is 10.2. The summed E-state index contributed by atoms with van der Waals surface area (Å²) < 4.78 is 0. The van der Waals surface area contributed by atoms with Crippen LogP contribution in [0.4, 0.5) is 0 Å². The van der Waals surface area contributed by atoms with Crippen LogP contribution in [0.2, 0.25) is 0 Å². The van der Waals surface area contributed by atoms with Crippen LogP contribution >= 0.6 is 0 Å². The number of fused-ring (bicyclic) bond motifs is 3. The van der Waals surface area contributed by atoms with Crippen molar-refractivity contribution in [3.05, 3.63) is 48.2 Å². The van der Waals surface area contributed by atoms with E-state index in [2.05, 4.69) is 41.1 Å². The fourth-order valence-corrected chi connectivity index (χ4v) is 4.85. The smallest absolute Gasteiger partial charge is 0.141 e. The van der Waals surface area contributed by atoms with E-state index < -0.39 is 0 Å². The molecule has 0 spiro atoms. The van der Waals surface area contributed by atoms with Crippen LogP contribution < -0.4 is 0 Å². The molecule has 2 aliphatic rings. The Bertz CT molecular complexity index is 785. The lowest BCUT2D eigenvalue weighted by Gasteiger charge is -2.33. The molecule has 0 amide bonds. The molecule has 3 nitrogen and oxygen atoms in total. The Balaban J connectivity index is 1.56. The summed E-state index contributed by atoms with van der Waals surface area (Å²) in [7, 11) is 0. The molecule has 3 heteroatoms. The lowest BCUT2D eigenvalue weighted by molar-refractivity contribution is 0.160. The normalized spacial score (nSPS) is 24.2. The van der Waals surface area contributed by atoms with Gasteiger partial charge in [0.1, 0.15) is 11.3 Å². The summed E-state index contributed by atoms with van der Waals surface area (Å²) in [4.78, 5) is 7.10. The zero-order valence-electron chi connectivity index (χ0n) is 15.8.